The molecule has 1 heterocycles. The second-order valence-corrected chi connectivity index (χ2v) is 3.63. The van der Waals surface area contributed by atoms with E-state index in [4.69, 9.17) is 5.73 Å². The monoisotopic (exact) mass is 240 g/mol. The first kappa shape index (κ1) is 13.3. The van der Waals surface area contributed by atoms with Crippen molar-refractivity contribution in [3.8, 4) is 0 Å². The van der Waals surface area contributed by atoms with Crippen LogP contribution in [0.25, 0.3) is 0 Å². The molecule has 7 nitrogen and oxygen atoms in total. The van der Waals surface area contributed by atoms with Gasteiger partial charge in [0.25, 0.3) is 0 Å². The Labute approximate surface area is 99.0 Å². The molecule has 0 aliphatic rings. The van der Waals surface area contributed by atoms with Crippen molar-refractivity contribution in [1.29, 1.82) is 0 Å². The summed E-state index contributed by atoms with van der Waals surface area (Å²) in [5.74, 6) is -1.37. The Hall–Kier alpha value is -1.73. The molecule has 94 valence electrons. The number of imidazole rings is 1. The Balaban J connectivity index is 2.47. The van der Waals surface area contributed by atoms with E-state index in [0.29, 0.717) is 0 Å². The number of nitrogens with zero attached hydrogens (tertiary/aromatic N) is 2. The molecule has 0 saturated heterocycles. The molecule has 0 aliphatic heterocycles. The SMILES string of the molecule is CNCC(=O)OC(=O)[C@@H](N)Cc1cncn1C. The molecule has 17 heavy (non-hydrogen) atoms. The highest BCUT2D eigenvalue weighted by atomic mass is 16.6. The van der Waals surface area contributed by atoms with Crippen molar-refractivity contribution in [3.05, 3.63) is 18.2 Å². The number of nitrogens with two attached hydrogens (primary N) is 1. The van der Waals surface area contributed by atoms with Gasteiger partial charge in [0.15, 0.2) is 0 Å². The first-order valence-electron chi connectivity index (χ1n) is 5.14. The fraction of sp³-hybridized carbons (Fsp3) is 0.500. The molecule has 0 amide bonds. The van der Waals surface area contributed by atoms with E-state index in [-0.39, 0.29) is 13.0 Å². The Bertz CT molecular complexity index is 402. The number of aryl methyl sites for hydroxylation is 1. The summed E-state index contributed by atoms with van der Waals surface area (Å²) in [6, 6.07) is -0.869. The van der Waals surface area contributed by atoms with Gasteiger partial charge in [0, 0.05) is 25.4 Å². The third-order valence-electron chi connectivity index (χ3n) is 2.18. The van der Waals surface area contributed by atoms with Gasteiger partial charge in [0.1, 0.15) is 6.04 Å². The molecule has 1 rings (SSSR count). The first-order chi connectivity index (χ1) is 8.04. The van der Waals surface area contributed by atoms with Gasteiger partial charge in [-0.05, 0) is 7.05 Å². The summed E-state index contributed by atoms with van der Waals surface area (Å²) in [6.45, 7) is -0.0236. The maximum Gasteiger partial charge on any atom is 0.330 e. The Morgan fingerprint density at radius 1 is 1.65 bits per heavy atom. The van der Waals surface area contributed by atoms with Gasteiger partial charge in [-0.3, -0.25) is 4.79 Å². The molecule has 7 heteroatoms. The van der Waals surface area contributed by atoms with E-state index in [0.717, 1.165) is 5.69 Å². The molecule has 0 saturated carbocycles. The van der Waals surface area contributed by atoms with Crippen LogP contribution in [0.3, 0.4) is 0 Å². The van der Waals surface area contributed by atoms with Crippen LogP contribution < -0.4 is 11.1 Å². The number of ether oxygens (including phenoxy) is 1. The lowest BCUT2D eigenvalue weighted by molar-refractivity contribution is -0.159. The summed E-state index contributed by atoms with van der Waals surface area (Å²) in [7, 11) is 3.38. The van der Waals surface area contributed by atoms with E-state index in [1.165, 1.54) is 0 Å². The summed E-state index contributed by atoms with van der Waals surface area (Å²) in [5, 5.41) is 2.58. The second-order valence-electron chi connectivity index (χ2n) is 3.63. The molecule has 0 unspecified atom stereocenters. The normalized spacial score (nSPS) is 12.2. The third-order valence-corrected chi connectivity index (χ3v) is 2.18. The van der Waals surface area contributed by atoms with Crippen LogP contribution in [0.15, 0.2) is 12.5 Å². The number of carbonyl (C=O) groups excluding carboxylic acids is 2. The van der Waals surface area contributed by atoms with E-state index in [2.05, 4.69) is 15.0 Å². The van der Waals surface area contributed by atoms with Gasteiger partial charge in [0.05, 0.1) is 12.9 Å². The predicted molar refractivity (Wildman–Crippen MR) is 59.9 cm³/mol. The minimum atomic E-state index is -0.869. The van der Waals surface area contributed by atoms with E-state index in [1.54, 1.807) is 31.2 Å². The van der Waals surface area contributed by atoms with Crippen molar-refractivity contribution in [2.24, 2.45) is 12.8 Å². The highest BCUT2D eigenvalue weighted by molar-refractivity contribution is 5.89. The van der Waals surface area contributed by atoms with E-state index in [9.17, 15) is 9.59 Å². The van der Waals surface area contributed by atoms with E-state index >= 15 is 0 Å². The molecule has 3 N–H and O–H groups in total. The van der Waals surface area contributed by atoms with Crippen LogP contribution in [0.1, 0.15) is 5.69 Å². The molecule has 1 atom stereocenters. The van der Waals surface area contributed by atoms with Gasteiger partial charge >= 0.3 is 11.9 Å². The quantitative estimate of drug-likeness (QED) is 0.484. The van der Waals surface area contributed by atoms with Crippen LogP contribution in [0.2, 0.25) is 0 Å². The largest absolute Gasteiger partial charge is 0.391 e. The van der Waals surface area contributed by atoms with Crippen molar-refractivity contribution in [3.63, 3.8) is 0 Å². The van der Waals surface area contributed by atoms with Crippen LogP contribution in [-0.2, 0) is 27.8 Å². The Morgan fingerprint density at radius 2 is 2.35 bits per heavy atom. The zero-order chi connectivity index (χ0) is 12.8. The fourth-order valence-corrected chi connectivity index (χ4v) is 1.26. The number of esters is 2. The van der Waals surface area contributed by atoms with Crippen molar-refractivity contribution < 1.29 is 14.3 Å². The number of carbonyl (C=O) groups is 2. The van der Waals surface area contributed by atoms with Crippen LogP contribution in [0.4, 0.5) is 0 Å². The molecule has 0 radical (unpaired) electrons. The van der Waals surface area contributed by atoms with Crippen LogP contribution in [0, 0.1) is 0 Å². The molecule has 0 bridgehead atoms. The number of aromatic nitrogens is 2. The molecule has 0 aliphatic carbocycles. The Morgan fingerprint density at radius 3 is 2.88 bits per heavy atom. The molecular weight excluding hydrogens is 224 g/mol. The molecule has 0 aromatic carbocycles. The van der Waals surface area contributed by atoms with Gasteiger partial charge in [0.2, 0.25) is 0 Å². The smallest absolute Gasteiger partial charge is 0.330 e. The lowest BCUT2D eigenvalue weighted by Crippen LogP contribution is -2.37. The first-order valence-corrected chi connectivity index (χ1v) is 5.14. The summed E-state index contributed by atoms with van der Waals surface area (Å²) < 4.78 is 6.30. The number of hydrogen-bond donors (Lipinski definition) is 2. The molecular formula is C10H16N4O3. The maximum absolute atomic E-state index is 11.4. The molecule has 0 spiro atoms. The van der Waals surface area contributed by atoms with E-state index in [1.807, 2.05) is 0 Å². The van der Waals surface area contributed by atoms with Crippen LogP contribution in [0.5, 0.6) is 0 Å². The fourth-order valence-electron chi connectivity index (χ4n) is 1.26. The summed E-state index contributed by atoms with van der Waals surface area (Å²) in [4.78, 5) is 26.4. The zero-order valence-corrected chi connectivity index (χ0v) is 9.84. The zero-order valence-electron chi connectivity index (χ0n) is 9.84. The number of hydrogen-bond acceptors (Lipinski definition) is 6. The lowest BCUT2D eigenvalue weighted by atomic mass is 10.2. The third kappa shape index (κ3) is 3.97. The van der Waals surface area contributed by atoms with Gasteiger partial charge in [-0.15, -0.1) is 0 Å². The van der Waals surface area contributed by atoms with Gasteiger partial charge < -0.3 is 20.4 Å². The average Bonchev–Trinajstić information content (AvgIpc) is 2.64. The van der Waals surface area contributed by atoms with Crippen molar-refractivity contribution in [2.75, 3.05) is 13.6 Å². The average molecular weight is 240 g/mol. The number of nitrogens with one attached hydrogen (secondary N) is 1. The minimum Gasteiger partial charge on any atom is -0.391 e. The lowest BCUT2D eigenvalue weighted by Gasteiger charge is -2.10. The topological polar surface area (TPSA) is 99.2 Å². The second kappa shape index (κ2) is 6.12. The van der Waals surface area contributed by atoms with Crippen LogP contribution >= 0.6 is 0 Å². The summed E-state index contributed by atoms with van der Waals surface area (Å²) in [6.07, 6.45) is 3.50. The maximum atomic E-state index is 11.4. The standard InChI is InChI=1S/C10H16N4O3/c1-12-5-9(15)17-10(16)8(11)3-7-4-13-6-14(7)2/h4,6,8,12H,3,5,11H2,1-2H3/t8-/m0/s1. The Kier molecular flexibility index (Phi) is 4.80. The molecule has 0 fully saturated rings. The highest BCUT2D eigenvalue weighted by Crippen LogP contribution is 2.01. The van der Waals surface area contributed by atoms with Crippen molar-refractivity contribution >= 4 is 11.9 Å². The number of likely N-dealkylation sites (N-methyl/N-ethyl adjacent to an activating group) is 1. The highest BCUT2D eigenvalue weighted by Gasteiger charge is 2.19. The van der Waals surface area contributed by atoms with Crippen molar-refractivity contribution in [2.45, 2.75) is 12.5 Å². The van der Waals surface area contributed by atoms with Crippen molar-refractivity contribution in [1.82, 2.24) is 14.9 Å². The van der Waals surface area contributed by atoms with Crippen LogP contribution in [-0.4, -0.2) is 41.1 Å². The van der Waals surface area contributed by atoms with E-state index < -0.39 is 18.0 Å². The molecule has 1 aromatic rings. The van der Waals surface area contributed by atoms with Gasteiger partial charge in [-0.2, -0.15) is 0 Å². The predicted octanol–water partition coefficient (Wildman–Crippen LogP) is -1.42. The molecule has 1 aromatic heterocycles. The number of rotatable bonds is 5. The minimum absolute atomic E-state index is 0.0236. The summed E-state index contributed by atoms with van der Waals surface area (Å²) >= 11 is 0. The van der Waals surface area contributed by atoms with Gasteiger partial charge in [-0.1, -0.05) is 0 Å². The summed E-state index contributed by atoms with van der Waals surface area (Å²) in [5.41, 5.74) is 6.43. The van der Waals surface area contributed by atoms with Gasteiger partial charge in [-0.25, -0.2) is 9.78 Å².